The van der Waals surface area contributed by atoms with Gasteiger partial charge in [0.2, 0.25) is 0 Å². The van der Waals surface area contributed by atoms with E-state index in [0.29, 0.717) is 36.8 Å². The van der Waals surface area contributed by atoms with Crippen molar-refractivity contribution in [2.75, 3.05) is 20.3 Å². The summed E-state index contributed by atoms with van der Waals surface area (Å²) in [4.78, 5) is 15.6. The van der Waals surface area contributed by atoms with Crippen molar-refractivity contribution in [3.8, 4) is 11.5 Å². The Morgan fingerprint density at radius 2 is 1.97 bits per heavy atom. The molecule has 0 radical (unpaired) electrons. The zero-order valence-corrected chi connectivity index (χ0v) is 17.0. The molecule has 29 heavy (non-hydrogen) atoms. The largest absolute Gasteiger partial charge is 0.491 e. The molecular weight excluding hydrogens is 370 g/mol. The summed E-state index contributed by atoms with van der Waals surface area (Å²) in [6, 6.07) is 11.2. The summed E-state index contributed by atoms with van der Waals surface area (Å²) in [5.74, 6) is 0.998. The zero-order chi connectivity index (χ0) is 20.9. The first-order valence-electron chi connectivity index (χ1n) is 9.87. The zero-order valence-electron chi connectivity index (χ0n) is 17.0. The van der Waals surface area contributed by atoms with Crippen molar-refractivity contribution in [1.29, 1.82) is 0 Å². The Morgan fingerprint density at radius 1 is 1.17 bits per heavy atom. The number of esters is 1. The van der Waals surface area contributed by atoms with Crippen molar-refractivity contribution < 1.29 is 24.1 Å². The Labute approximate surface area is 172 Å². The van der Waals surface area contributed by atoms with Crippen LogP contribution in [0, 0.1) is 0 Å². The first kappa shape index (κ1) is 22.4. The van der Waals surface area contributed by atoms with Crippen molar-refractivity contribution in [2.45, 2.75) is 38.7 Å². The number of carbonyl (C=O) groups is 1. The minimum atomic E-state index is -0.705. The maximum absolute atomic E-state index is 11.3. The minimum absolute atomic E-state index is 0.154. The number of hydrogen-bond acceptors (Lipinski definition) is 6. The fourth-order valence-corrected chi connectivity index (χ4v) is 2.71. The Bertz CT molecular complexity index is 776. The maximum atomic E-state index is 11.3. The molecule has 2 aromatic rings. The van der Waals surface area contributed by atoms with Crippen molar-refractivity contribution in [2.24, 2.45) is 0 Å². The Hall–Kier alpha value is -2.86. The molecule has 0 spiro atoms. The van der Waals surface area contributed by atoms with Gasteiger partial charge >= 0.3 is 5.97 Å². The molecule has 0 fully saturated rings. The lowest BCUT2D eigenvalue weighted by molar-refractivity contribution is -0.143. The van der Waals surface area contributed by atoms with E-state index in [4.69, 9.17) is 14.2 Å². The summed E-state index contributed by atoms with van der Waals surface area (Å²) in [6.45, 7) is 2.74. The number of aromatic nitrogens is 1. The summed E-state index contributed by atoms with van der Waals surface area (Å²) in [6.07, 6.45) is 7.25. The van der Waals surface area contributed by atoms with Gasteiger partial charge in [-0.05, 0) is 43.9 Å². The molecule has 1 heterocycles. The van der Waals surface area contributed by atoms with Crippen LogP contribution in [0.1, 0.15) is 50.0 Å². The highest BCUT2D eigenvalue weighted by molar-refractivity contribution is 5.69. The lowest BCUT2D eigenvalue weighted by atomic mass is 10.1. The molecular formula is C23H29NO5. The summed E-state index contributed by atoms with van der Waals surface area (Å²) in [5, 5.41) is 10.2. The predicted octanol–water partition coefficient (Wildman–Crippen LogP) is 4.34. The smallest absolute Gasteiger partial charge is 0.305 e. The normalized spacial score (nSPS) is 12.0. The number of aliphatic hydroxyl groups excluding tert-OH is 1. The highest BCUT2D eigenvalue weighted by atomic mass is 16.5. The average Bonchev–Trinajstić information content (AvgIpc) is 2.75. The second kappa shape index (κ2) is 12.6. The third-order valence-electron chi connectivity index (χ3n) is 4.25. The molecule has 0 amide bonds. The van der Waals surface area contributed by atoms with E-state index in [9.17, 15) is 9.90 Å². The molecule has 2 rings (SSSR count). The van der Waals surface area contributed by atoms with Gasteiger partial charge in [-0.25, -0.2) is 0 Å². The van der Waals surface area contributed by atoms with Crippen LogP contribution >= 0.6 is 0 Å². The van der Waals surface area contributed by atoms with Gasteiger partial charge in [-0.1, -0.05) is 30.3 Å². The third-order valence-corrected chi connectivity index (χ3v) is 4.25. The topological polar surface area (TPSA) is 77.9 Å². The van der Waals surface area contributed by atoms with Gasteiger partial charge in [-0.3, -0.25) is 9.78 Å². The van der Waals surface area contributed by atoms with Crippen LogP contribution in [0.3, 0.4) is 0 Å². The van der Waals surface area contributed by atoms with Gasteiger partial charge in [0.15, 0.2) is 11.5 Å². The van der Waals surface area contributed by atoms with Gasteiger partial charge in [-0.15, -0.1) is 0 Å². The monoisotopic (exact) mass is 399 g/mol. The lowest BCUT2D eigenvalue weighted by Gasteiger charge is -2.11. The predicted molar refractivity (Wildman–Crippen MR) is 112 cm³/mol. The van der Waals surface area contributed by atoms with Gasteiger partial charge in [0, 0.05) is 12.5 Å². The Morgan fingerprint density at radius 3 is 2.69 bits per heavy atom. The van der Waals surface area contributed by atoms with Crippen LogP contribution in [0.5, 0.6) is 11.5 Å². The molecule has 1 aromatic carbocycles. The molecule has 0 bridgehead atoms. The SMILES string of the molecule is CCOC(=O)CCCCCOc1cc(C=CC(O)c2ccccc2)ncc1OC. The summed E-state index contributed by atoms with van der Waals surface area (Å²) < 4.78 is 16.1. The second-order valence-corrected chi connectivity index (χ2v) is 6.44. The van der Waals surface area contributed by atoms with E-state index in [1.165, 1.54) is 0 Å². The van der Waals surface area contributed by atoms with Crippen molar-refractivity contribution in [1.82, 2.24) is 4.98 Å². The number of benzene rings is 1. The molecule has 0 aliphatic heterocycles. The molecule has 6 nitrogen and oxygen atoms in total. The van der Waals surface area contributed by atoms with Crippen LogP contribution in [0.15, 0.2) is 48.7 Å². The Kier molecular flexibility index (Phi) is 9.72. The standard InChI is InChI=1S/C23H29NO5/c1-3-28-23(26)12-8-5-9-15-29-21-16-19(24-17-22(21)27-2)13-14-20(25)18-10-6-4-7-11-18/h4,6-7,10-11,13-14,16-17,20,25H,3,5,8-9,12,15H2,1-2H3. The fourth-order valence-electron chi connectivity index (χ4n) is 2.71. The number of carbonyl (C=O) groups excluding carboxylic acids is 1. The highest BCUT2D eigenvalue weighted by Gasteiger charge is 2.08. The van der Waals surface area contributed by atoms with Crippen LogP contribution in [0.4, 0.5) is 0 Å². The van der Waals surface area contributed by atoms with Gasteiger partial charge in [0.1, 0.15) is 0 Å². The van der Waals surface area contributed by atoms with E-state index in [0.717, 1.165) is 24.8 Å². The minimum Gasteiger partial charge on any atom is -0.491 e. The van der Waals surface area contributed by atoms with Gasteiger partial charge in [0.25, 0.3) is 0 Å². The lowest BCUT2D eigenvalue weighted by Crippen LogP contribution is -2.04. The van der Waals surface area contributed by atoms with E-state index in [1.54, 1.807) is 38.4 Å². The van der Waals surface area contributed by atoms with Crippen molar-refractivity contribution >= 4 is 12.0 Å². The second-order valence-electron chi connectivity index (χ2n) is 6.44. The fraction of sp³-hybridized carbons (Fsp3) is 0.391. The van der Waals surface area contributed by atoms with Gasteiger partial charge in [0.05, 0.1) is 38.3 Å². The van der Waals surface area contributed by atoms with Gasteiger partial charge < -0.3 is 19.3 Å². The molecule has 1 N–H and O–H groups in total. The molecule has 0 aliphatic carbocycles. The van der Waals surface area contributed by atoms with Crippen LogP contribution in [0.25, 0.3) is 6.08 Å². The number of pyridine rings is 1. The molecule has 6 heteroatoms. The highest BCUT2D eigenvalue weighted by Crippen LogP contribution is 2.27. The van der Waals surface area contributed by atoms with E-state index < -0.39 is 6.10 Å². The average molecular weight is 399 g/mol. The van der Waals surface area contributed by atoms with Gasteiger partial charge in [-0.2, -0.15) is 0 Å². The first-order chi connectivity index (χ1) is 14.1. The number of nitrogens with zero attached hydrogens (tertiary/aromatic N) is 1. The molecule has 0 saturated carbocycles. The summed E-state index contributed by atoms with van der Waals surface area (Å²) in [5.41, 5.74) is 1.48. The summed E-state index contributed by atoms with van der Waals surface area (Å²) >= 11 is 0. The number of aliphatic hydroxyl groups is 1. The quantitative estimate of drug-likeness (QED) is 0.423. The van der Waals surface area contributed by atoms with Crippen LogP contribution in [-0.4, -0.2) is 36.4 Å². The molecule has 1 atom stereocenters. The Balaban J connectivity index is 1.86. The third kappa shape index (κ3) is 7.95. The van der Waals surface area contributed by atoms with Crippen LogP contribution in [0.2, 0.25) is 0 Å². The van der Waals surface area contributed by atoms with Crippen LogP contribution < -0.4 is 9.47 Å². The molecule has 0 aliphatic rings. The molecule has 0 saturated heterocycles. The number of methoxy groups -OCH3 is 1. The molecule has 1 aromatic heterocycles. The number of hydrogen-bond donors (Lipinski definition) is 1. The molecule has 1 unspecified atom stereocenters. The van der Waals surface area contributed by atoms with E-state index in [2.05, 4.69) is 4.98 Å². The van der Waals surface area contributed by atoms with E-state index >= 15 is 0 Å². The van der Waals surface area contributed by atoms with E-state index in [1.807, 2.05) is 30.3 Å². The summed E-state index contributed by atoms with van der Waals surface area (Å²) in [7, 11) is 1.57. The number of ether oxygens (including phenoxy) is 3. The maximum Gasteiger partial charge on any atom is 0.305 e. The van der Waals surface area contributed by atoms with Crippen molar-refractivity contribution in [3.05, 3.63) is 59.9 Å². The van der Waals surface area contributed by atoms with Crippen LogP contribution in [-0.2, 0) is 9.53 Å². The number of unbranched alkanes of at least 4 members (excludes halogenated alkanes) is 2. The molecule has 156 valence electrons. The van der Waals surface area contributed by atoms with Crippen molar-refractivity contribution in [3.63, 3.8) is 0 Å². The van der Waals surface area contributed by atoms with E-state index in [-0.39, 0.29) is 5.97 Å². The number of rotatable bonds is 12. The first-order valence-corrected chi connectivity index (χ1v) is 9.87.